The first kappa shape index (κ1) is 20.9. The number of ether oxygens (including phenoxy) is 1. The van der Waals surface area contributed by atoms with Gasteiger partial charge >= 0.3 is 0 Å². The Morgan fingerprint density at radius 2 is 1.66 bits per heavy atom. The van der Waals surface area contributed by atoms with Crippen LogP contribution in [0.1, 0.15) is 22.8 Å². The molecule has 2 aromatic rings. The SMILES string of the molecule is CCOc1ccc(CC(=O)NCCN2CCN(C(=O)c3ccccc3)CC2)cc1. The molecule has 2 aromatic carbocycles. The molecule has 0 aliphatic carbocycles. The minimum absolute atomic E-state index is 0.0204. The molecule has 154 valence electrons. The summed E-state index contributed by atoms with van der Waals surface area (Å²) in [5, 5.41) is 2.99. The Labute approximate surface area is 172 Å². The van der Waals surface area contributed by atoms with E-state index in [1.54, 1.807) is 0 Å². The topological polar surface area (TPSA) is 61.9 Å². The smallest absolute Gasteiger partial charge is 0.253 e. The maximum atomic E-state index is 12.5. The van der Waals surface area contributed by atoms with E-state index in [1.807, 2.05) is 66.4 Å². The number of nitrogens with zero attached hydrogens (tertiary/aromatic N) is 2. The van der Waals surface area contributed by atoms with Crippen molar-refractivity contribution < 1.29 is 14.3 Å². The average molecular weight is 396 g/mol. The van der Waals surface area contributed by atoms with Gasteiger partial charge in [-0.25, -0.2) is 0 Å². The second kappa shape index (κ2) is 10.6. The molecule has 1 heterocycles. The van der Waals surface area contributed by atoms with E-state index in [4.69, 9.17) is 4.74 Å². The van der Waals surface area contributed by atoms with Gasteiger partial charge in [-0.1, -0.05) is 30.3 Å². The molecule has 0 aromatic heterocycles. The standard InChI is InChI=1S/C23H29N3O3/c1-2-29-21-10-8-19(9-11-21)18-22(27)24-12-13-25-14-16-26(17-15-25)23(28)20-6-4-3-5-7-20/h3-11H,2,12-18H2,1H3,(H,24,27). The van der Waals surface area contributed by atoms with Gasteiger partial charge in [0.25, 0.3) is 5.91 Å². The fourth-order valence-corrected chi connectivity index (χ4v) is 3.41. The van der Waals surface area contributed by atoms with Crippen molar-refractivity contribution in [2.45, 2.75) is 13.3 Å². The Bertz CT molecular complexity index is 785. The van der Waals surface area contributed by atoms with Gasteiger partial charge in [0.15, 0.2) is 0 Å². The van der Waals surface area contributed by atoms with Crippen molar-refractivity contribution in [2.75, 3.05) is 45.9 Å². The van der Waals surface area contributed by atoms with Crippen LogP contribution in [0.2, 0.25) is 0 Å². The lowest BCUT2D eigenvalue weighted by Crippen LogP contribution is -2.50. The molecule has 29 heavy (non-hydrogen) atoms. The van der Waals surface area contributed by atoms with Gasteiger partial charge in [0.1, 0.15) is 5.75 Å². The predicted molar refractivity (Wildman–Crippen MR) is 113 cm³/mol. The van der Waals surface area contributed by atoms with E-state index in [1.165, 1.54) is 0 Å². The number of nitrogens with one attached hydrogen (secondary N) is 1. The molecule has 1 aliphatic heterocycles. The summed E-state index contributed by atoms with van der Waals surface area (Å²) in [6, 6.07) is 17.0. The van der Waals surface area contributed by atoms with Gasteiger partial charge in [0.2, 0.25) is 5.91 Å². The van der Waals surface area contributed by atoms with E-state index >= 15 is 0 Å². The fraction of sp³-hybridized carbons (Fsp3) is 0.391. The van der Waals surface area contributed by atoms with E-state index in [0.717, 1.165) is 36.5 Å². The quantitative estimate of drug-likeness (QED) is 0.744. The van der Waals surface area contributed by atoms with Crippen molar-refractivity contribution in [1.29, 1.82) is 0 Å². The molecule has 6 heteroatoms. The van der Waals surface area contributed by atoms with Gasteiger partial charge in [-0.15, -0.1) is 0 Å². The summed E-state index contributed by atoms with van der Waals surface area (Å²) in [7, 11) is 0. The van der Waals surface area contributed by atoms with Crippen molar-refractivity contribution in [3.8, 4) is 5.75 Å². The van der Waals surface area contributed by atoms with Crippen LogP contribution in [0, 0.1) is 0 Å². The van der Waals surface area contributed by atoms with Crippen molar-refractivity contribution in [3.63, 3.8) is 0 Å². The molecular weight excluding hydrogens is 366 g/mol. The molecule has 0 radical (unpaired) electrons. The van der Waals surface area contributed by atoms with Gasteiger partial charge in [0.05, 0.1) is 13.0 Å². The molecule has 1 fully saturated rings. The zero-order valence-corrected chi connectivity index (χ0v) is 17.0. The third-order valence-electron chi connectivity index (χ3n) is 5.03. The highest BCUT2D eigenvalue weighted by Gasteiger charge is 2.21. The maximum Gasteiger partial charge on any atom is 0.253 e. The van der Waals surface area contributed by atoms with E-state index in [-0.39, 0.29) is 11.8 Å². The van der Waals surface area contributed by atoms with Crippen LogP contribution in [0.25, 0.3) is 0 Å². The Hall–Kier alpha value is -2.86. The number of amides is 2. The number of rotatable bonds is 8. The summed E-state index contributed by atoms with van der Waals surface area (Å²) in [5.74, 6) is 0.933. The maximum absolute atomic E-state index is 12.5. The number of hydrogen-bond acceptors (Lipinski definition) is 4. The molecule has 6 nitrogen and oxygen atoms in total. The van der Waals surface area contributed by atoms with E-state index in [2.05, 4.69) is 10.2 Å². The Morgan fingerprint density at radius 3 is 2.31 bits per heavy atom. The van der Waals surface area contributed by atoms with Crippen LogP contribution in [0.4, 0.5) is 0 Å². The number of benzene rings is 2. The molecule has 2 amide bonds. The monoisotopic (exact) mass is 395 g/mol. The molecule has 1 aliphatic rings. The first-order valence-corrected chi connectivity index (χ1v) is 10.2. The second-order valence-corrected chi connectivity index (χ2v) is 7.10. The number of piperazine rings is 1. The first-order chi connectivity index (χ1) is 14.2. The fourth-order valence-electron chi connectivity index (χ4n) is 3.41. The zero-order valence-electron chi connectivity index (χ0n) is 17.0. The molecular formula is C23H29N3O3. The minimum Gasteiger partial charge on any atom is -0.494 e. The molecule has 1 N–H and O–H groups in total. The molecule has 3 rings (SSSR count). The van der Waals surface area contributed by atoms with Gasteiger partial charge in [-0.05, 0) is 36.8 Å². The van der Waals surface area contributed by atoms with Crippen LogP contribution >= 0.6 is 0 Å². The van der Waals surface area contributed by atoms with Gasteiger partial charge < -0.3 is 15.0 Å². The normalized spacial score (nSPS) is 14.4. The Kier molecular flexibility index (Phi) is 7.64. The predicted octanol–water partition coefficient (Wildman–Crippen LogP) is 2.20. The van der Waals surface area contributed by atoms with Crippen LogP contribution < -0.4 is 10.1 Å². The van der Waals surface area contributed by atoms with Crippen LogP contribution in [-0.2, 0) is 11.2 Å². The number of carbonyl (C=O) groups excluding carboxylic acids is 2. The molecule has 0 atom stereocenters. The van der Waals surface area contributed by atoms with Gasteiger partial charge in [-0.2, -0.15) is 0 Å². The lowest BCUT2D eigenvalue weighted by Gasteiger charge is -2.34. The van der Waals surface area contributed by atoms with E-state index in [9.17, 15) is 9.59 Å². The number of carbonyl (C=O) groups is 2. The summed E-state index contributed by atoms with van der Waals surface area (Å²) >= 11 is 0. The Balaban J connectivity index is 1.34. The summed E-state index contributed by atoms with van der Waals surface area (Å²) in [4.78, 5) is 28.8. The summed E-state index contributed by atoms with van der Waals surface area (Å²) in [6.07, 6.45) is 0.367. The number of hydrogen-bond donors (Lipinski definition) is 1. The van der Waals surface area contributed by atoms with Crippen molar-refractivity contribution >= 4 is 11.8 Å². The van der Waals surface area contributed by atoms with Crippen LogP contribution in [0.15, 0.2) is 54.6 Å². The lowest BCUT2D eigenvalue weighted by molar-refractivity contribution is -0.120. The van der Waals surface area contributed by atoms with E-state index < -0.39 is 0 Å². The lowest BCUT2D eigenvalue weighted by atomic mass is 10.1. The Morgan fingerprint density at radius 1 is 0.966 bits per heavy atom. The third kappa shape index (κ3) is 6.32. The highest BCUT2D eigenvalue weighted by atomic mass is 16.5. The molecule has 0 saturated carbocycles. The van der Waals surface area contributed by atoms with Crippen molar-refractivity contribution in [1.82, 2.24) is 15.1 Å². The van der Waals surface area contributed by atoms with Gasteiger partial charge in [-0.3, -0.25) is 14.5 Å². The summed E-state index contributed by atoms with van der Waals surface area (Å²) < 4.78 is 5.41. The average Bonchev–Trinajstić information content (AvgIpc) is 2.76. The van der Waals surface area contributed by atoms with E-state index in [0.29, 0.717) is 32.7 Å². The first-order valence-electron chi connectivity index (χ1n) is 10.2. The minimum atomic E-state index is 0.0204. The van der Waals surface area contributed by atoms with Crippen LogP contribution in [0.3, 0.4) is 0 Å². The molecule has 1 saturated heterocycles. The largest absolute Gasteiger partial charge is 0.494 e. The highest BCUT2D eigenvalue weighted by molar-refractivity contribution is 5.94. The summed E-state index contributed by atoms with van der Waals surface area (Å²) in [6.45, 7) is 7.07. The second-order valence-electron chi connectivity index (χ2n) is 7.10. The van der Waals surface area contributed by atoms with Crippen molar-refractivity contribution in [2.24, 2.45) is 0 Å². The summed E-state index contributed by atoms with van der Waals surface area (Å²) in [5.41, 5.74) is 1.71. The molecule has 0 unspecified atom stereocenters. The highest BCUT2D eigenvalue weighted by Crippen LogP contribution is 2.12. The van der Waals surface area contributed by atoms with Crippen molar-refractivity contribution in [3.05, 3.63) is 65.7 Å². The molecule has 0 bridgehead atoms. The molecule has 0 spiro atoms. The van der Waals surface area contributed by atoms with Gasteiger partial charge in [0, 0.05) is 44.8 Å². The van der Waals surface area contributed by atoms with Crippen LogP contribution in [-0.4, -0.2) is 67.5 Å². The zero-order chi connectivity index (χ0) is 20.5. The van der Waals surface area contributed by atoms with Crippen LogP contribution in [0.5, 0.6) is 5.75 Å². The third-order valence-corrected chi connectivity index (χ3v) is 5.03.